The van der Waals surface area contributed by atoms with Crippen LogP contribution in [0.3, 0.4) is 0 Å². The minimum absolute atomic E-state index is 0. The molecule has 1 amide bonds. The number of alkyl halides is 3. The van der Waals surface area contributed by atoms with Crippen molar-refractivity contribution in [3.8, 4) is 5.75 Å². The lowest BCUT2D eigenvalue weighted by molar-refractivity contribution is -0.152. The molecular formula is C23H25ClF3N3O4S. The summed E-state index contributed by atoms with van der Waals surface area (Å²) in [5.74, 6) is -1.13. The van der Waals surface area contributed by atoms with Crippen molar-refractivity contribution in [3.63, 3.8) is 0 Å². The molecule has 4 rings (SSSR count). The summed E-state index contributed by atoms with van der Waals surface area (Å²) in [6, 6.07) is 8.32. The number of thiophene rings is 1. The minimum Gasteiger partial charge on any atom is -0.495 e. The molecule has 190 valence electrons. The zero-order chi connectivity index (χ0) is 24.3. The van der Waals surface area contributed by atoms with Gasteiger partial charge in [-0.05, 0) is 25.1 Å². The third-order valence-electron chi connectivity index (χ3n) is 5.70. The molecule has 0 radical (unpaired) electrons. The smallest absolute Gasteiger partial charge is 0.449 e. The number of methoxy groups -OCH3 is 1. The normalized spacial score (nSPS) is 14.6. The minimum atomic E-state index is -4.81. The van der Waals surface area contributed by atoms with Gasteiger partial charge in [-0.2, -0.15) is 13.2 Å². The Balaban J connectivity index is 0.00000342. The van der Waals surface area contributed by atoms with E-state index in [9.17, 15) is 22.8 Å². The van der Waals surface area contributed by atoms with Gasteiger partial charge in [-0.25, -0.2) is 0 Å². The summed E-state index contributed by atoms with van der Waals surface area (Å²) in [4.78, 5) is 29.1. The van der Waals surface area contributed by atoms with Crippen molar-refractivity contribution < 1.29 is 27.1 Å². The molecule has 7 nitrogen and oxygen atoms in total. The number of halogens is 4. The molecule has 1 N–H and O–H groups in total. The molecule has 35 heavy (non-hydrogen) atoms. The lowest BCUT2D eigenvalue weighted by atomic mass is 10.2. The summed E-state index contributed by atoms with van der Waals surface area (Å²) in [5, 5.41) is 4.06. The summed E-state index contributed by atoms with van der Waals surface area (Å²) in [5.41, 5.74) is -0.131. The van der Waals surface area contributed by atoms with Crippen LogP contribution in [0.1, 0.15) is 22.5 Å². The van der Waals surface area contributed by atoms with Gasteiger partial charge in [0.15, 0.2) is 5.58 Å². The van der Waals surface area contributed by atoms with Gasteiger partial charge < -0.3 is 19.4 Å². The summed E-state index contributed by atoms with van der Waals surface area (Å²) >= 11 is 0.895. The number of benzene rings is 1. The molecule has 1 saturated heterocycles. The molecule has 0 unspecified atom stereocenters. The Labute approximate surface area is 209 Å². The zero-order valence-corrected chi connectivity index (χ0v) is 20.5. The van der Waals surface area contributed by atoms with Crippen molar-refractivity contribution >= 4 is 45.6 Å². The molecule has 0 spiro atoms. The Morgan fingerprint density at radius 2 is 1.91 bits per heavy atom. The van der Waals surface area contributed by atoms with Crippen molar-refractivity contribution in [2.24, 2.45) is 0 Å². The molecule has 0 atom stereocenters. The predicted molar refractivity (Wildman–Crippen MR) is 131 cm³/mol. The first-order chi connectivity index (χ1) is 16.3. The summed E-state index contributed by atoms with van der Waals surface area (Å²) in [7, 11) is 1.66. The lowest BCUT2D eigenvalue weighted by Crippen LogP contribution is -2.47. The van der Waals surface area contributed by atoms with Crippen molar-refractivity contribution in [2.75, 3.05) is 51.3 Å². The quantitative estimate of drug-likeness (QED) is 0.460. The summed E-state index contributed by atoms with van der Waals surface area (Å²) in [6.45, 7) is 4.57. The molecular weight excluding hydrogens is 507 g/mol. The number of fused-ring (bicyclic) bond motifs is 1. The van der Waals surface area contributed by atoms with Gasteiger partial charge in [0.2, 0.25) is 11.2 Å². The first-order valence-corrected chi connectivity index (χ1v) is 11.7. The van der Waals surface area contributed by atoms with E-state index in [-0.39, 0.29) is 28.3 Å². The van der Waals surface area contributed by atoms with Crippen LogP contribution < -0.4 is 20.4 Å². The number of ether oxygens (including phenoxy) is 1. The number of anilines is 1. The number of carbonyl (C=O) groups excluding carboxylic acids is 1. The number of nitrogens with zero attached hydrogens (tertiary/aromatic N) is 2. The summed E-state index contributed by atoms with van der Waals surface area (Å²) < 4.78 is 49.2. The highest BCUT2D eigenvalue weighted by molar-refractivity contribution is 7.17. The molecule has 3 heterocycles. The number of carbonyl (C=O) groups is 1. The van der Waals surface area contributed by atoms with Gasteiger partial charge in [-0.3, -0.25) is 14.5 Å². The van der Waals surface area contributed by atoms with Crippen LogP contribution in [-0.2, 0) is 6.18 Å². The second-order valence-electron chi connectivity index (χ2n) is 7.89. The topological polar surface area (TPSA) is 75.0 Å². The van der Waals surface area contributed by atoms with Gasteiger partial charge in [0.1, 0.15) is 10.4 Å². The van der Waals surface area contributed by atoms with Gasteiger partial charge in [-0.1, -0.05) is 12.1 Å². The Kier molecular flexibility index (Phi) is 8.68. The van der Waals surface area contributed by atoms with Crippen LogP contribution in [0.25, 0.3) is 10.3 Å². The van der Waals surface area contributed by atoms with Crippen molar-refractivity contribution in [2.45, 2.75) is 12.6 Å². The van der Waals surface area contributed by atoms with E-state index >= 15 is 0 Å². The van der Waals surface area contributed by atoms with E-state index in [2.05, 4.69) is 15.1 Å². The molecule has 0 bridgehead atoms. The van der Waals surface area contributed by atoms with Crippen LogP contribution in [0.4, 0.5) is 18.9 Å². The standard InChI is InChI=1S/C23H24F3N3O4S.ClH/c1-32-18-6-3-2-5-16(18)29-11-9-28(10-12-29)8-4-7-27-22(31)15-14-34-21-17(30)13-19(23(24,25)26)33-20(15)21;/h2-3,5-6,13-14H,4,7-12H2,1H3,(H,27,31);1H. The molecule has 12 heteroatoms. The average Bonchev–Trinajstić information content (AvgIpc) is 3.26. The van der Waals surface area contributed by atoms with Crippen LogP contribution in [0, 0.1) is 0 Å². The van der Waals surface area contributed by atoms with Crippen LogP contribution in [-0.4, -0.2) is 57.2 Å². The second kappa shape index (κ2) is 11.3. The molecule has 1 aliphatic rings. The molecule has 3 aromatic rings. The fraction of sp³-hybridized carbons (Fsp3) is 0.391. The van der Waals surface area contributed by atoms with Crippen molar-refractivity contribution in [1.82, 2.24) is 10.2 Å². The van der Waals surface area contributed by atoms with Gasteiger partial charge in [0.05, 0.1) is 18.4 Å². The molecule has 1 aromatic carbocycles. The average molecular weight is 532 g/mol. The number of amides is 1. The third-order valence-corrected chi connectivity index (χ3v) is 6.68. The van der Waals surface area contributed by atoms with Crippen LogP contribution in [0.5, 0.6) is 5.75 Å². The Morgan fingerprint density at radius 1 is 1.20 bits per heavy atom. The van der Waals surface area contributed by atoms with Gasteiger partial charge >= 0.3 is 6.18 Å². The van der Waals surface area contributed by atoms with E-state index in [0.29, 0.717) is 19.0 Å². The van der Waals surface area contributed by atoms with Crippen LogP contribution in [0.15, 0.2) is 44.9 Å². The first kappa shape index (κ1) is 26.8. The van der Waals surface area contributed by atoms with Crippen LogP contribution in [0.2, 0.25) is 0 Å². The maximum atomic E-state index is 13.0. The van der Waals surface area contributed by atoms with Crippen molar-refractivity contribution in [3.05, 3.63) is 57.3 Å². The zero-order valence-electron chi connectivity index (χ0n) is 18.9. The largest absolute Gasteiger partial charge is 0.495 e. The molecule has 0 aliphatic carbocycles. The van der Waals surface area contributed by atoms with E-state index in [4.69, 9.17) is 9.15 Å². The number of piperazine rings is 1. The fourth-order valence-corrected chi connectivity index (χ4v) is 4.83. The number of rotatable bonds is 7. The highest BCUT2D eigenvalue weighted by Gasteiger charge is 2.35. The fourth-order valence-electron chi connectivity index (χ4n) is 3.94. The number of nitrogens with one attached hydrogen (secondary N) is 1. The summed E-state index contributed by atoms with van der Waals surface area (Å²) in [6.07, 6.45) is -4.13. The second-order valence-corrected chi connectivity index (χ2v) is 8.77. The SMILES string of the molecule is COc1ccccc1N1CCN(CCCNC(=O)c2csc3c(=O)cc(C(F)(F)F)oc23)CC1.Cl. The highest BCUT2D eigenvalue weighted by Crippen LogP contribution is 2.33. The lowest BCUT2D eigenvalue weighted by Gasteiger charge is -2.36. The maximum Gasteiger partial charge on any atom is 0.449 e. The monoisotopic (exact) mass is 531 g/mol. The number of hydrogen-bond donors (Lipinski definition) is 1. The molecule has 2 aromatic heterocycles. The molecule has 0 saturated carbocycles. The van der Waals surface area contributed by atoms with Gasteiger partial charge in [0, 0.05) is 44.2 Å². The maximum absolute atomic E-state index is 13.0. The Morgan fingerprint density at radius 3 is 2.60 bits per heavy atom. The number of para-hydroxylation sites is 2. The molecule has 1 aliphatic heterocycles. The highest BCUT2D eigenvalue weighted by atomic mass is 35.5. The number of hydrogen-bond acceptors (Lipinski definition) is 7. The van der Waals surface area contributed by atoms with E-state index in [1.54, 1.807) is 7.11 Å². The predicted octanol–water partition coefficient (Wildman–Crippen LogP) is 4.25. The van der Waals surface area contributed by atoms with E-state index in [1.165, 1.54) is 5.38 Å². The Hall–Kier alpha value is -2.76. The van der Waals surface area contributed by atoms with E-state index in [0.717, 1.165) is 55.5 Å². The third kappa shape index (κ3) is 6.09. The van der Waals surface area contributed by atoms with E-state index in [1.807, 2.05) is 24.3 Å². The first-order valence-electron chi connectivity index (χ1n) is 10.8. The van der Waals surface area contributed by atoms with Gasteiger partial charge in [-0.15, -0.1) is 23.7 Å². The van der Waals surface area contributed by atoms with Crippen LogP contribution >= 0.6 is 23.7 Å². The van der Waals surface area contributed by atoms with Crippen molar-refractivity contribution in [1.29, 1.82) is 0 Å². The molecule has 1 fully saturated rings. The van der Waals surface area contributed by atoms with Gasteiger partial charge in [0.25, 0.3) is 5.91 Å². The van der Waals surface area contributed by atoms with E-state index < -0.39 is 23.3 Å². The Bertz CT molecular complexity index is 1220.